The van der Waals surface area contributed by atoms with Crippen molar-refractivity contribution in [3.05, 3.63) is 42.3 Å². The number of nitrogens with zero attached hydrogens (tertiary/aromatic N) is 3. The van der Waals surface area contributed by atoms with Gasteiger partial charge in [-0.25, -0.2) is 14.4 Å². The molecule has 0 saturated carbocycles. The summed E-state index contributed by atoms with van der Waals surface area (Å²) in [5, 5.41) is 0. The summed E-state index contributed by atoms with van der Waals surface area (Å²) in [5.41, 5.74) is 1.78. The SMILES string of the molecule is Cn1c(-c2ccc(OC(F)F)c(F)c2)nc2ncccc21. The maximum atomic E-state index is 13.8. The van der Waals surface area contributed by atoms with E-state index in [4.69, 9.17) is 0 Å². The van der Waals surface area contributed by atoms with Crippen LogP contribution in [0, 0.1) is 5.82 Å². The van der Waals surface area contributed by atoms with E-state index in [2.05, 4.69) is 14.7 Å². The maximum absolute atomic E-state index is 13.8. The second-order valence-electron chi connectivity index (χ2n) is 4.36. The lowest BCUT2D eigenvalue weighted by Crippen LogP contribution is -2.04. The van der Waals surface area contributed by atoms with Crippen molar-refractivity contribution in [1.29, 1.82) is 0 Å². The normalized spacial score (nSPS) is 11.3. The Morgan fingerprint density at radius 3 is 2.71 bits per heavy atom. The van der Waals surface area contributed by atoms with E-state index in [0.717, 1.165) is 17.6 Å². The topological polar surface area (TPSA) is 39.9 Å². The van der Waals surface area contributed by atoms with Crippen LogP contribution in [0.1, 0.15) is 0 Å². The number of imidazole rings is 1. The summed E-state index contributed by atoms with van der Waals surface area (Å²) in [4.78, 5) is 8.43. The van der Waals surface area contributed by atoms with Gasteiger partial charge in [-0.3, -0.25) is 0 Å². The molecule has 0 spiro atoms. The molecular weight excluding hydrogens is 283 g/mol. The molecule has 108 valence electrons. The van der Waals surface area contributed by atoms with Crippen LogP contribution in [-0.2, 0) is 7.05 Å². The van der Waals surface area contributed by atoms with Crippen LogP contribution in [-0.4, -0.2) is 21.1 Å². The zero-order chi connectivity index (χ0) is 15.0. The van der Waals surface area contributed by atoms with E-state index < -0.39 is 18.2 Å². The van der Waals surface area contributed by atoms with Crippen LogP contribution in [0.4, 0.5) is 13.2 Å². The summed E-state index contributed by atoms with van der Waals surface area (Å²) in [6.07, 6.45) is 1.61. The smallest absolute Gasteiger partial charge is 0.387 e. The molecular formula is C14H10F3N3O. The van der Waals surface area contributed by atoms with Crippen molar-refractivity contribution in [1.82, 2.24) is 14.5 Å². The standard InChI is InChI=1S/C14H10F3N3O/c1-20-10-3-2-6-18-12(10)19-13(20)8-4-5-11(9(15)7-8)21-14(16)17/h2-7,14H,1H3. The van der Waals surface area contributed by atoms with Gasteiger partial charge in [0.2, 0.25) is 0 Å². The van der Waals surface area contributed by atoms with Crippen molar-refractivity contribution in [2.45, 2.75) is 6.61 Å². The highest BCUT2D eigenvalue weighted by Crippen LogP contribution is 2.27. The highest BCUT2D eigenvalue weighted by Gasteiger charge is 2.14. The molecule has 21 heavy (non-hydrogen) atoms. The molecule has 0 aliphatic heterocycles. The van der Waals surface area contributed by atoms with Crippen molar-refractivity contribution in [3.8, 4) is 17.1 Å². The summed E-state index contributed by atoms with van der Waals surface area (Å²) in [6, 6.07) is 7.35. The predicted octanol–water partition coefficient (Wildman–Crippen LogP) is 3.38. The van der Waals surface area contributed by atoms with Crippen molar-refractivity contribution in [3.63, 3.8) is 0 Å². The summed E-state index contributed by atoms with van der Waals surface area (Å²) >= 11 is 0. The number of hydrogen-bond acceptors (Lipinski definition) is 3. The van der Waals surface area contributed by atoms with Gasteiger partial charge in [0.15, 0.2) is 17.2 Å². The molecule has 2 aromatic heterocycles. The van der Waals surface area contributed by atoms with Crippen molar-refractivity contribution < 1.29 is 17.9 Å². The Labute approximate surface area is 117 Å². The minimum absolute atomic E-state index is 0.453. The Hall–Kier alpha value is -2.57. The van der Waals surface area contributed by atoms with Crippen LogP contribution < -0.4 is 4.74 Å². The van der Waals surface area contributed by atoms with Crippen molar-refractivity contribution >= 4 is 11.2 Å². The minimum atomic E-state index is -3.06. The summed E-state index contributed by atoms with van der Waals surface area (Å²) in [5.74, 6) is -0.871. The van der Waals surface area contributed by atoms with Gasteiger partial charge in [-0.15, -0.1) is 0 Å². The van der Waals surface area contributed by atoms with Crippen LogP contribution in [0.15, 0.2) is 36.5 Å². The Balaban J connectivity index is 2.06. The average molecular weight is 293 g/mol. The second kappa shape index (κ2) is 5.08. The van der Waals surface area contributed by atoms with E-state index in [-0.39, 0.29) is 0 Å². The van der Waals surface area contributed by atoms with Gasteiger partial charge < -0.3 is 9.30 Å². The first-order valence-electron chi connectivity index (χ1n) is 6.08. The molecule has 0 aliphatic carbocycles. The van der Waals surface area contributed by atoms with Crippen LogP contribution >= 0.6 is 0 Å². The van der Waals surface area contributed by atoms with Gasteiger partial charge in [0.1, 0.15) is 5.82 Å². The number of benzene rings is 1. The first-order chi connectivity index (χ1) is 10.1. The number of rotatable bonds is 3. The van der Waals surface area contributed by atoms with Gasteiger partial charge in [-0.05, 0) is 30.3 Å². The van der Waals surface area contributed by atoms with Gasteiger partial charge >= 0.3 is 6.61 Å². The summed E-state index contributed by atoms with van der Waals surface area (Å²) in [7, 11) is 1.77. The molecule has 3 rings (SSSR count). The fourth-order valence-electron chi connectivity index (χ4n) is 2.12. The molecule has 0 bridgehead atoms. The third-order valence-corrected chi connectivity index (χ3v) is 3.06. The van der Waals surface area contributed by atoms with Crippen LogP contribution in [0.3, 0.4) is 0 Å². The van der Waals surface area contributed by atoms with E-state index >= 15 is 0 Å². The lowest BCUT2D eigenvalue weighted by molar-refractivity contribution is -0.0521. The molecule has 0 unspecified atom stereocenters. The molecule has 1 aromatic carbocycles. The Morgan fingerprint density at radius 2 is 2.05 bits per heavy atom. The van der Waals surface area contributed by atoms with Gasteiger partial charge in [0.05, 0.1) is 5.52 Å². The molecule has 4 nitrogen and oxygen atoms in total. The predicted molar refractivity (Wildman–Crippen MR) is 70.5 cm³/mol. The van der Waals surface area contributed by atoms with Gasteiger partial charge in [-0.1, -0.05) is 0 Å². The molecule has 2 heterocycles. The Kier molecular flexibility index (Phi) is 3.25. The van der Waals surface area contributed by atoms with Gasteiger partial charge in [0.25, 0.3) is 0 Å². The monoisotopic (exact) mass is 293 g/mol. The van der Waals surface area contributed by atoms with E-state index in [1.54, 1.807) is 23.9 Å². The first-order valence-corrected chi connectivity index (χ1v) is 6.08. The molecule has 0 saturated heterocycles. The number of aryl methyl sites for hydroxylation is 1. The zero-order valence-electron chi connectivity index (χ0n) is 10.9. The number of alkyl halides is 2. The van der Waals surface area contributed by atoms with Gasteiger partial charge in [-0.2, -0.15) is 8.78 Å². The van der Waals surface area contributed by atoms with Crippen LogP contribution in [0.25, 0.3) is 22.6 Å². The molecule has 0 fully saturated rings. The number of halogens is 3. The van der Waals surface area contributed by atoms with E-state index in [1.807, 2.05) is 6.07 Å². The second-order valence-corrected chi connectivity index (χ2v) is 4.36. The molecule has 7 heteroatoms. The number of ether oxygens (including phenoxy) is 1. The molecule has 0 aliphatic rings. The lowest BCUT2D eigenvalue weighted by atomic mass is 10.2. The molecule has 0 amide bonds. The Morgan fingerprint density at radius 1 is 1.24 bits per heavy atom. The largest absolute Gasteiger partial charge is 0.432 e. The highest BCUT2D eigenvalue weighted by atomic mass is 19.3. The number of fused-ring (bicyclic) bond motifs is 1. The van der Waals surface area contributed by atoms with Gasteiger partial charge in [0, 0.05) is 18.8 Å². The Bertz CT molecular complexity index is 801. The third-order valence-electron chi connectivity index (χ3n) is 3.06. The lowest BCUT2D eigenvalue weighted by Gasteiger charge is -2.07. The van der Waals surface area contributed by atoms with Crippen LogP contribution in [0.2, 0.25) is 0 Å². The first kappa shape index (κ1) is 13.4. The van der Waals surface area contributed by atoms with Crippen LogP contribution in [0.5, 0.6) is 5.75 Å². The molecule has 0 radical (unpaired) electrons. The maximum Gasteiger partial charge on any atom is 0.387 e. The molecule has 3 aromatic rings. The van der Waals surface area contributed by atoms with E-state index in [9.17, 15) is 13.2 Å². The fraction of sp³-hybridized carbons (Fsp3) is 0.143. The quantitative estimate of drug-likeness (QED) is 0.743. The van der Waals surface area contributed by atoms with E-state index in [0.29, 0.717) is 17.0 Å². The average Bonchev–Trinajstić information content (AvgIpc) is 2.79. The summed E-state index contributed by atoms with van der Waals surface area (Å²) < 4.78 is 43.8. The number of pyridine rings is 1. The molecule has 0 atom stereocenters. The third kappa shape index (κ3) is 2.42. The van der Waals surface area contributed by atoms with E-state index in [1.165, 1.54) is 6.07 Å². The number of aromatic nitrogens is 3. The summed E-state index contributed by atoms with van der Waals surface area (Å²) in [6.45, 7) is -3.06. The van der Waals surface area contributed by atoms with Crippen molar-refractivity contribution in [2.75, 3.05) is 0 Å². The highest BCUT2D eigenvalue weighted by molar-refractivity contribution is 5.77. The zero-order valence-corrected chi connectivity index (χ0v) is 10.9. The van der Waals surface area contributed by atoms with Crippen molar-refractivity contribution in [2.24, 2.45) is 7.05 Å². The fourth-order valence-corrected chi connectivity index (χ4v) is 2.12. The number of hydrogen-bond donors (Lipinski definition) is 0. The molecule has 0 N–H and O–H groups in total. The minimum Gasteiger partial charge on any atom is -0.432 e.